The molecule has 0 fully saturated rings. The van der Waals surface area contributed by atoms with Crippen LogP contribution in [0.2, 0.25) is 0 Å². The van der Waals surface area contributed by atoms with Crippen LogP contribution in [0.5, 0.6) is 5.88 Å². The second-order valence-corrected chi connectivity index (χ2v) is 5.43. The number of carbonyl (C=O) groups excluding carboxylic acids is 1. The van der Waals surface area contributed by atoms with Crippen LogP contribution in [0.4, 0.5) is 0 Å². The van der Waals surface area contributed by atoms with Crippen LogP contribution in [0.1, 0.15) is 40.7 Å². The number of aryl methyl sites for hydroxylation is 1. The monoisotopic (exact) mass is 309 g/mol. The Morgan fingerprint density at radius 3 is 2.61 bits per heavy atom. The van der Waals surface area contributed by atoms with E-state index in [1.807, 2.05) is 29.5 Å². The van der Waals surface area contributed by atoms with Gasteiger partial charge in [0.15, 0.2) is 0 Å². The lowest BCUT2D eigenvalue weighted by Gasteiger charge is -2.11. The van der Waals surface area contributed by atoms with Crippen molar-refractivity contribution in [2.75, 3.05) is 7.11 Å². The van der Waals surface area contributed by atoms with E-state index in [0.29, 0.717) is 22.9 Å². The van der Waals surface area contributed by atoms with Crippen LogP contribution in [0, 0.1) is 6.92 Å². The van der Waals surface area contributed by atoms with Crippen molar-refractivity contribution in [2.45, 2.75) is 26.7 Å². The van der Waals surface area contributed by atoms with E-state index >= 15 is 0 Å². The van der Waals surface area contributed by atoms with Gasteiger partial charge in [0.25, 0.3) is 0 Å². The molecule has 118 valence electrons. The first-order valence-corrected chi connectivity index (χ1v) is 7.68. The van der Waals surface area contributed by atoms with Gasteiger partial charge in [-0.15, -0.1) is 0 Å². The van der Waals surface area contributed by atoms with E-state index in [-0.39, 0.29) is 5.78 Å². The number of aromatic nitrogens is 3. The van der Waals surface area contributed by atoms with Crippen molar-refractivity contribution < 1.29 is 9.53 Å². The third-order valence-corrected chi connectivity index (χ3v) is 3.88. The first-order chi connectivity index (χ1) is 11.2. The van der Waals surface area contributed by atoms with Gasteiger partial charge in [0.05, 0.1) is 7.11 Å². The smallest absolute Gasteiger partial charge is 0.238 e. The SMILES string of the molecule is CCCc1c(C)c(OC)nc2nc(C(=O)c3ccccc3)cn12. The molecule has 3 rings (SSSR count). The Balaban J connectivity index is 2.15. The first kappa shape index (κ1) is 15.2. The van der Waals surface area contributed by atoms with Gasteiger partial charge in [0, 0.05) is 23.0 Å². The van der Waals surface area contributed by atoms with Crippen molar-refractivity contribution in [3.8, 4) is 5.88 Å². The summed E-state index contributed by atoms with van der Waals surface area (Å²) < 4.78 is 7.25. The van der Waals surface area contributed by atoms with Gasteiger partial charge < -0.3 is 4.74 Å². The summed E-state index contributed by atoms with van der Waals surface area (Å²) in [6.07, 6.45) is 3.63. The van der Waals surface area contributed by atoms with E-state index < -0.39 is 0 Å². The molecule has 0 bridgehead atoms. The van der Waals surface area contributed by atoms with Crippen LogP contribution in [0.3, 0.4) is 0 Å². The number of nitrogens with zero attached hydrogens (tertiary/aromatic N) is 3. The van der Waals surface area contributed by atoms with Crippen molar-refractivity contribution >= 4 is 11.6 Å². The lowest BCUT2D eigenvalue weighted by molar-refractivity contribution is 0.103. The molecule has 0 N–H and O–H groups in total. The van der Waals surface area contributed by atoms with Gasteiger partial charge >= 0.3 is 0 Å². The van der Waals surface area contributed by atoms with Gasteiger partial charge in [-0.05, 0) is 13.3 Å². The highest BCUT2D eigenvalue weighted by atomic mass is 16.5. The lowest BCUT2D eigenvalue weighted by atomic mass is 10.1. The number of benzene rings is 1. The van der Waals surface area contributed by atoms with E-state index in [0.717, 1.165) is 24.1 Å². The number of fused-ring (bicyclic) bond motifs is 1. The Morgan fingerprint density at radius 2 is 1.96 bits per heavy atom. The summed E-state index contributed by atoms with van der Waals surface area (Å²) in [6.45, 7) is 4.10. The first-order valence-electron chi connectivity index (χ1n) is 7.68. The van der Waals surface area contributed by atoms with Crippen LogP contribution in [0.25, 0.3) is 5.78 Å². The molecule has 0 unspecified atom stereocenters. The normalized spacial score (nSPS) is 10.9. The van der Waals surface area contributed by atoms with E-state index in [2.05, 4.69) is 16.9 Å². The number of methoxy groups -OCH3 is 1. The molecule has 23 heavy (non-hydrogen) atoms. The molecular formula is C18H19N3O2. The predicted molar refractivity (Wildman–Crippen MR) is 88.1 cm³/mol. The van der Waals surface area contributed by atoms with Crippen LogP contribution >= 0.6 is 0 Å². The maximum atomic E-state index is 12.6. The van der Waals surface area contributed by atoms with Gasteiger partial charge in [-0.1, -0.05) is 43.7 Å². The average Bonchev–Trinajstić information content (AvgIpc) is 3.01. The largest absolute Gasteiger partial charge is 0.481 e. The summed E-state index contributed by atoms with van der Waals surface area (Å²) in [7, 11) is 1.60. The zero-order chi connectivity index (χ0) is 16.4. The minimum Gasteiger partial charge on any atom is -0.481 e. The van der Waals surface area contributed by atoms with Gasteiger partial charge in [-0.2, -0.15) is 4.98 Å². The molecule has 0 radical (unpaired) electrons. The van der Waals surface area contributed by atoms with Gasteiger partial charge in [0.2, 0.25) is 17.4 Å². The lowest BCUT2D eigenvalue weighted by Crippen LogP contribution is -2.04. The van der Waals surface area contributed by atoms with Crippen molar-refractivity contribution in [1.82, 2.24) is 14.4 Å². The molecule has 0 aliphatic heterocycles. The van der Waals surface area contributed by atoms with E-state index in [4.69, 9.17) is 4.74 Å². The molecule has 0 saturated carbocycles. The Bertz CT molecular complexity index is 854. The van der Waals surface area contributed by atoms with Crippen LogP contribution in [0.15, 0.2) is 36.5 Å². The number of ketones is 1. The van der Waals surface area contributed by atoms with Gasteiger partial charge in [0.1, 0.15) is 5.69 Å². The number of ether oxygens (including phenoxy) is 1. The molecule has 0 aliphatic carbocycles. The fraction of sp³-hybridized carbons (Fsp3) is 0.278. The number of hydrogen-bond acceptors (Lipinski definition) is 4. The minimum atomic E-state index is -0.102. The predicted octanol–water partition coefficient (Wildman–Crippen LogP) is 3.23. The second kappa shape index (κ2) is 6.20. The number of hydrogen-bond donors (Lipinski definition) is 0. The highest BCUT2D eigenvalue weighted by Crippen LogP contribution is 2.23. The molecule has 0 aliphatic rings. The Hall–Kier alpha value is -2.69. The molecule has 2 heterocycles. The molecule has 5 nitrogen and oxygen atoms in total. The van der Waals surface area contributed by atoms with Crippen LogP contribution < -0.4 is 4.74 Å². The molecule has 0 atom stereocenters. The Kier molecular flexibility index (Phi) is 4.10. The third kappa shape index (κ3) is 2.70. The molecule has 0 saturated heterocycles. The van der Waals surface area contributed by atoms with Gasteiger partial charge in [-0.3, -0.25) is 9.20 Å². The fourth-order valence-corrected chi connectivity index (χ4v) is 2.72. The summed E-state index contributed by atoms with van der Waals surface area (Å²) >= 11 is 0. The van der Waals surface area contributed by atoms with E-state index in [1.54, 1.807) is 25.4 Å². The summed E-state index contributed by atoms with van der Waals surface area (Å²) in [5, 5.41) is 0. The highest BCUT2D eigenvalue weighted by molar-refractivity contribution is 6.07. The topological polar surface area (TPSA) is 56.5 Å². The highest BCUT2D eigenvalue weighted by Gasteiger charge is 2.18. The molecule has 1 aromatic carbocycles. The van der Waals surface area contributed by atoms with Crippen molar-refractivity contribution in [1.29, 1.82) is 0 Å². The molecule has 2 aromatic heterocycles. The summed E-state index contributed by atoms with van der Waals surface area (Å²) in [5.41, 5.74) is 3.08. The average molecular weight is 309 g/mol. The van der Waals surface area contributed by atoms with Crippen molar-refractivity contribution in [3.63, 3.8) is 0 Å². The number of carbonyl (C=O) groups is 1. The standard InChI is InChI=1S/C18H19N3O2/c1-4-8-15-12(2)17(23-3)20-18-19-14(11-21(15)18)16(22)13-9-6-5-7-10-13/h5-7,9-11H,4,8H2,1-3H3. The molecule has 0 amide bonds. The maximum Gasteiger partial charge on any atom is 0.238 e. The van der Waals surface area contributed by atoms with Crippen molar-refractivity contribution in [2.24, 2.45) is 0 Å². The number of imidazole rings is 1. The van der Waals surface area contributed by atoms with Crippen LogP contribution in [-0.2, 0) is 6.42 Å². The molecular weight excluding hydrogens is 290 g/mol. The number of rotatable bonds is 5. The maximum absolute atomic E-state index is 12.6. The fourth-order valence-electron chi connectivity index (χ4n) is 2.72. The van der Waals surface area contributed by atoms with Crippen LogP contribution in [-0.4, -0.2) is 27.3 Å². The van der Waals surface area contributed by atoms with Gasteiger partial charge in [-0.25, -0.2) is 4.98 Å². The quantitative estimate of drug-likeness (QED) is 0.679. The third-order valence-electron chi connectivity index (χ3n) is 3.88. The Labute approximate surface area is 135 Å². The second-order valence-electron chi connectivity index (χ2n) is 5.43. The van der Waals surface area contributed by atoms with E-state index in [9.17, 15) is 4.79 Å². The minimum absolute atomic E-state index is 0.102. The molecule has 3 aromatic rings. The molecule has 5 heteroatoms. The zero-order valence-electron chi connectivity index (χ0n) is 13.5. The van der Waals surface area contributed by atoms with E-state index in [1.165, 1.54) is 0 Å². The Morgan fingerprint density at radius 1 is 1.22 bits per heavy atom. The summed E-state index contributed by atoms with van der Waals surface area (Å²) in [5.74, 6) is 0.954. The zero-order valence-corrected chi connectivity index (χ0v) is 13.5. The summed E-state index contributed by atoms with van der Waals surface area (Å²) in [4.78, 5) is 21.4. The van der Waals surface area contributed by atoms with Crippen molar-refractivity contribution in [3.05, 3.63) is 59.0 Å². The molecule has 0 spiro atoms. The summed E-state index contributed by atoms with van der Waals surface area (Å²) in [6, 6.07) is 9.15.